The summed E-state index contributed by atoms with van der Waals surface area (Å²) in [4.78, 5) is 23.6. The monoisotopic (exact) mass is 373 g/mol. The van der Waals surface area contributed by atoms with Gasteiger partial charge in [-0.25, -0.2) is 4.79 Å². The Bertz CT molecular complexity index is 929. The summed E-state index contributed by atoms with van der Waals surface area (Å²) in [6.07, 6.45) is 0.540. The molecule has 0 bridgehead atoms. The summed E-state index contributed by atoms with van der Waals surface area (Å²) in [6.45, 7) is 0. The van der Waals surface area contributed by atoms with Gasteiger partial charge in [0.15, 0.2) is 11.5 Å². The average Bonchev–Trinajstić information content (AvgIpc) is 3.02. The minimum absolute atomic E-state index is 0.0631. The number of carbonyl (C=O) groups is 2. The first-order valence-electron chi connectivity index (χ1n) is 7.96. The topological polar surface area (TPSA) is 109 Å². The van der Waals surface area contributed by atoms with Crippen molar-refractivity contribution >= 4 is 29.1 Å². The van der Waals surface area contributed by atoms with Gasteiger partial charge in [-0.2, -0.15) is 9.61 Å². The van der Waals surface area contributed by atoms with Crippen LogP contribution in [0, 0.1) is 0 Å². The van der Waals surface area contributed by atoms with E-state index in [4.69, 9.17) is 11.6 Å². The van der Waals surface area contributed by atoms with Crippen molar-refractivity contribution in [1.82, 2.24) is 25.1 Å². The number of aliphatic carboxylic acids is 1. The third kappa shape index (κ3) is 4.34. The smallest absolute Gasteiger partial charge is 0.326 e. The van der Waals surface area contributed by atoms with E-state index in [9.17, 15) is 14.7 Å². The zero-order chi connectivity index (χ0) is 18.5. The summed E-state index contributed by atoms with van der Waals surface area (Å²) in [5.74, 6) is -0.983. The number of nitrogens with zero attached hydrogens (tertiary/aromatic N) is 4. The standard InChI is InChI=1S/C17H16ClN5O3/c18-13-6-7-14-20-21-15(23(14)22-13)8-9-16(24)19-12(17(25)26)10-11-4-2-1-3-5-11/h1-7,12H,8-10H2,(H,19,24)(H,25,26)/t12-/m0/s1. The Morgan fingerprint density at radius 1 is 1.15 bits per heavy atom. The molecule has 8 nitrogen and oxygen atoms in total. The Morgan fingerprint density at radius 3 is 2.65 bits per heavy atom. The number of rotatable bonds is 7. The van der Waals surface area contributed by atoms with Gasteiger partial charge in [0.05, 0.1) is 0 Å². The summed E-state index contributed by atoms with van der Waals surface area (Å²) < 4.78 is 1.47. The molecule has 2 aromatic heterocycles. The summed E-state index contributed by atoms with van der Waals surface area (Å²) in [5.41, 5.74) is 1.36. The summed E-state index contributed by atoms with van der Waals surface area (Å²) in [6, 6.07) is 11.4. The Labute approximate surface area is 153 Å². The first-order chi connectivity index (χ1) is 12.5. The fourth-order valence-corrected chi connectivity index (χ4v) is 2.65. The number of carbonyl (C=O) groups excluding carboxylic acids is 1. The molecule has 0 saturated heterocycles. The van der Waals surface area contributed by atoms with Crippen molar-refractivity contribution in [1.29, 1.82) is 0 Å². The van der Waals surface area contributed by atoms with Crippen LogP contribution in [-0.2, 0) is 22.4 Å². The van der Waals surface area contributed by atoms with Crippen LogP contribution in [0.2, 0.25) is 5.15 Å². The van der Waals surface area contributed by atoms with Crippen molar-refractivity contribution in [3.8, 4) is 0 Å². The zero-order valence-electron chi connectivity index (χ0n) is 13.7. The van der Waals surface area contributed by atoms with Crippen molar-refractivity contribution in [3.05, 3.63) is 59.0 Å². The second kappa shape index (κ2) is 7.92. The molecule has 0 aliphatic carbocycles. The SMILES string of the molecule is O=C(CCc1nnc2ccc(Cl)nn12)N[C@@H](Cc1ccccc1)C(=O)O. The number of aryl methyl sites for hydroxylation is 1. The Morgan fingerprint density at radius 2 is 1.92 bits per heavy atom. The van der Waals surface area contributed by atoms with Gasteiger partial charge in [0, 0.05) is 19.3 Å². The summed E-state index contributed by atoms with van der Waals surface area (Å²) in [5, 5.41) is 24.2. The van der Waals surface area contributed by atoms with Crippen LogP contribution in [0.3, 0.4) is 0 Å². The summed E-state index contributed by atoms with van der Waals surface area (Å²) in [7, 11) is 0. The quantitative estimate of drug-likeness (QED) is 0.649. The second-order valence-electron chi connectivity index (χ2n) is 5.69. The molecule has 0 spiro atoms. The number of fused-ring (bicyclic) bond motifs is 1. The van der Waals surface area contributed by atoms with Gasteiger partial charge in [0.1, 0.15) is 11.2 Å². The molecule has 1 amide bonds. The molecule has 0 radical (unpaired) electrons. The molecule has 0 fully saturated rings. The Balaban J connectivity index is 1.61. The fraction of sp³-hybridized carbons (Fsp3) is 0.235. The molecule has 9 heteroatoms. The van der Waals surface area contributed by atoms with E-state index in [2.05, 4.69) is 20.6 Å². The predicted octanol–water partition coefficient (Wildman–Crippen LogP) is 1.52. The Kier molecular flexibility index (Phi) is 5.43. The molecule has 2 heterocycles. The van der Waals surface area contributed by atoms with Gasteiger partial charge in [-0.3, -0.25) is 4.79 Å². The lowest BCUT2D eigenvalue weighted by atomic mass is 10.1. The highest BCUT2D eigenvalue weighted by Crippen LogP contribution is 2.09. The number of hydrogen-bond donors (Lipinski definition) is 2. The van der Waals surface area contributed by atoms with Crippen LogP contribution >= 0.6 is 11.6 Å². The lowest BCUT2D eigenvalue weighted by molar-refractivity contribution is -0.141. The minimum atomic E-state index is -1.08. The van der Waals surface area contributed by atoms with E-state index in [1.54, 1.807) is 12.1 Å². The number of nitrogens with one attached hydrogen (secondary N) is 1. The van der Waals surface area contributed by atoms with Crippen LogP contribution in [0.15, 0.2) is 42.5 Å². The molecular weight excluding hydrogens is 358 g/mol. The minimum Gasteiger partial charge on any atom is -0.480 e. The number of carboxylic acids is 1. The molecule has 26 heavy (non-hydrogen) atoms. The van der Waals surface area contributed by atoms with E-state index in [-0.39, 0.29) is 30.3 Å². The molecule has 3 rings (SSSR count). The molecule has 3 aromatic rings. The highest BCUT2D eigenvalue weighted by atomic mass is 35.5. The van der Waals surface area contributed by atoms with Crippen LogP contribution in [-0.4, -0.2) is 42.8 Å². The van der Waals surface area contributed by atoms with Crippen LogP contribution in [0.5, 0.6) is 0 Å². The average molecular weight is 374 g/mol. The van der Waals surface area contributed by atoms with Gasteiger partial charge in [0.2, 0.25) is 5.91 Å². The highest BCUT2D eigenvalue weighted by molar-refractivity contribution is 6.29. The number of halogens is 1. The van der Waals surface area contributed by atoms with Crippen LogP contribution in [0.4, 0.5) is 0 Å². The maximum Gasteiger partial charge on any atom is 0.326 e. The van der Waals surface area contributed by atoms with E-state index < -0.39 is 12.0 Å². The molecule has 1 aromatic carbocycles. The largest absolute Gasteiger partial charge is 0.480 e. The predicted molar refractivity (Wildman–Crippen MR) is 93.8 cm³/mol. The van der Waals surface area contributed by atoms with Crippen LogP contribution in [0.1, 0.15) is 17.8 Å². The molecule has 2 N–H and O–H groups in total. The maximum absolute atomic E-state index is 12.2. The second-order valence-corrected chi connectivity index (χ2v) is 6.08. The molecular formula is C17H16ClN5O3. The molecule has 0 unspecified atom stereocenters. The third-order valence-corrected chi connectivity index (χ3v) is 3.99. The lowest BCUT2D eigenvalue weighted by Gasteiger charge is -2.14. The van der Waals surface area contributed by atoms with Gasteiger partial charge in [-0.15, -0.1) is 10.2 Å². The molecule has 0 aliphatic rings. The maximum atomic E-state index is 12.2. The van der Waals surface area contributed by atoms with Gasteiger partial charge in [-0.05, 0) is 17.7 Å². The first-order valence-corrected chi connectivity index (χ1v) is 8.33. The van der Waals surface area contributed by atoms with E-state index in [0.717, 1.165) is 5.56 Å². The van der Waals surface area contributed by atoms with Crippen LogP contribution < -0.4 is 5.32 Å². The normalized spacial score (nSPS) is 12.0. The Hall–Kier alpha value is -3.00. The van der Waals surface area contributed by atoms with E-state index in [0.29, 0.717) is 11.5 Å². The number of amides is 1. The molecule has 134 valence electrons. The van der Waals surface area contributed by atoms with Gasteiger partial charge < -0.3 is 10.4 Å². The molecule has 0 saturated carbocycles. The molecule has 1 atom stereocenters. The first kappa shape index (κ1) is 17.8. The van der Waals surface area contributed by atoms with Crippen molar-refractivity contribution in [3.63, 3.8) is 0 Å². The van der Waals surface area contributed by atoms with E-state index >= 15 is 0 Å². The van der Waals surface area contributed by atoms with Crippen LogP contribution in [0.25, 0.3) is 5.65 Å². The van der Waals surface area contributed by atoms with Crippen molar-refractivity contribution in [2.24, 2.45) is 0 Å². The molecule has 0 aliphatic heterocycles. The van der Waals surface area contributed by atoms with Gasteiger partial charge in [0.25, 0.3) is 0 Å². The van der Waals surface area contributed by atoms with Crippen molar-refractivity contribution < 1.29 is 14.7 Å². The number of benzene rings is 1. The summed E-state index contributed by atoms with van der Waals surface area (Å²) >= 11 is 5.86. The lowest BCUT2D eigenvalue weighted by Crippen LogP contribution is -2.42. The fourth-order valence-electron chi connectivity index (χ4n) is 2.51. The highest BCUT2D eigenvalue weighted by Gasteiger charge is 2.20. The van der Waals surface area contributed by atoms with E-state index in [1.165, 1.54) is 4.52 Å². The van der Waals surface area contributed by atoms with Crippen molar-refractivity contribution in [2.75, 3.05) is 0 Å². The van der Waals surface area contributed by atoms with Gasteiger partial charge >= 0.3 is 5.97 Å². The number of aromatic nitrogens is 4. The van der Waals surface area contributed by atoms with E-state index in [1.807, 2.05) is 30.3 Å². The third-order valence-electron chi connectivity index (χ3n) is 3.79. The zero-order valence-corrected chi connectivity index (χ0v) is 14.4. The van der Waals surface area contributed by atoms with Crippen molar-refractivity contribution in [2.45, 2.75) is 25.3 Å². The van der Waals surface area contributed by atoms with Gasteiger partial charge in [-0.1, -0.05) is 41.9 Å². The number of hydrogen-bond acceptors (Lipinski definition) is 5. The number of carboxylic acid groups (broad SMARTS) is 1.